The number of nitrogens with zero attached hydrogens (tertiary/aromatic N) is 2. The number of nitro benzene ring substituents is 1. The number of para-hydroxylation sites is 2. The first-order valence-electron chi connectivity index (χ1n) is 10.7. The van der Waals surface area contributed by atoms with Crippen LogP contribution < -0.4 is 10.6 Å². The van der Waals surface area contributed by atoms with E-state index in [9.17, 15) is 24.5 Å². The second kappa shape index (κ2) is 9.53. The van der Waals surface area contributed by atoms with Crippen LogP contribution in [0.15, 0.2) is 66.7 Å². The molecule has 0 bridgehead atoms. The fourth-order valence-corrected chi connectivity index (χ4v) is 3.70. The average molecular weight is 458 g/mol. The fourth-order valence-electron chi connectivity index (χ4n) is 3.70. The third kappa shape index (κ3) is 4.78. The first-order chi connectivity index (χ1) is 16.3. The zero-order valence-corrected chi connectivity index (χ0v) is 18.4. The molecule has 4 rings (SSSR count). The van der Waals surface area contributed by atoms with Gasteiger partial charge in [-0.3, -0.25) is 29.4 Å². The predicted octanol–water partition coefficient (Wildman–Crippen LogP) is 4.66. The molecule has 0 spiro atoms. The number of imide groups is 1. The molecule has 3 aromatic carbocycles. The first kappa shape index (κ1) is 22.7. The minimum absolute atomic E-state index is 0.0137. The highest BCUT2D eigenvalue weighted by atomic mass is 16.6. The molecule has 0 aliphatic carbocycles. The van der Waals surface area contributed by atoms with Gasteiger partial charge in [-0.05, 0) is 43.7 Å². The number of benzene rings is 3. The zero-order chi connectivity index (χ0) is 24.2. The summed E-state index contributed by atoms with van der Waals surface area (Å²) in [5.74, 6) is -1.36. The van der Waals surface area contributed by atoms with Gasteiger partial charge in [-0.25, -0.2) is 0 Å². The molecule has 0 radical (unpaired) electrons. The molecule has 34 heavy (non-hydrogen) atoms. The van der Waals surface area contributed by atoms with E-state index in [1.807, 2.05) is 49.4 Å². The van der Waals surface area contributed by atoms with Gasteiger partial charge in [0.25, 0.3) is 17.5 Å². The van der Waals surface area contributed by atoms with Gasteiger partial charge in [-0.15, -0.1) is 0 Å². The molecule has 0 saturated carbocycles. The van der Waals surface area contributed by atoms with E-state index in [-0.39, 0.29) is 42.1 Å². The van der Waals surface area contributed by atoms with Crippen molar-refractivity contribution in [3.05, 3.63) is 93.5 Å². The van der Waals surface area contributed by atoms with Crippen molar-refractivity contribution in [1.82, 2.24) is 4.90 Å². The lowest BCUT2D eigenvalue weighted by atomic mass is 10.1. The van der Waals surface area contributed by atoms with Gasteiger partial charge in [-0.1, -0.05) is 29.8 Å². The molecule has 3 amide bonds. The van der Waals surface area contributed by atoms with E-state index >= 15 is 0 Å². The van der Waals surface area contributed by atoms with Gasteiger partial charge in [0, 0.05) is 30.8 Å². The highest BCUT2D eigenvalue weighted by Gasteiger charge is 2.36. The van der Waals surface area contributed by atoms with Gasteiger partial charge < -0.3 is 10.6 Å². The number of non-ortho nitro benzene ring substituents is 1. The summed E-state index contributed by atoms with van der Waals surface area (Å²) in [6.45, 7) is 2.04. The number of nitrogens with one attached hydrogen (secondary N) is 2. The summed E-state index contributed by atoms with van der Waals surface area (Å²) >= 11 is 0. The Bertz CT molecular complexity index is 1290. The van der Waals surface area contributed by atoms with Crippen molar-refractivity contribution in [2.24, 2.45) is 0 Å². The number of hydrogen-bond acceptors (Lipinski definition) is 6. The van der Waals surface area contributed by atoms with Gasteiger partial charge in [0.15, 0.2) is 0 Å². The fraction of sp³-hybridized carbons (Fsp3) is 0.160. The van der Waals surface area contributed by atoms with E-state index in [2.05, 4.69) is 10.6 Å². The van der Waals surface area contributed by atoms with Crippen LogP contribution in [0, 0.1) is 17.0 Å². The van der Waals surface area contributed by atoms with Gasteiger partial charge in [0.2, 0.25) is 5.91 Å². The van der Waals surface area contributed by atoms with Crippen LogP contribution in [0.1, 0.15) is 39.1 Å². The van der Waals surface area contributed by atoms with Crippen LogP contribution in [0.2, 0.25) is 0 Å². The Morgan fingerprint density at radius 1 is 0.941 bits per heavy atom. The van der Waals surface area contributed by atoms with Crippen LogP contribution in [0.4, 0.5) is 22.7 Å². The number of carbonyl (C=O) groups excluding carboxylic acids is 3. The van der Waals surface area contributed by atoms with Crippen LogP contribution >= 0.6 is 0 Å². The molecule has 0 saturated heterocycles. The molecular weight excluding hydrogens is 436 g/mol. The molecule has 9 heteroatoms. The number of anilines is 3. The number of hydrogen-bond donors (Lipinski definition) is 2. The average Bonchev–Trinajstić information content (AvgIpc) is 3.06. The second-order valence-corrected chi connectivity index (χ2v) is 7.94. The molecule has 2 N–H and O–H groups in total. The van der Waals surface area contributed by atoms with Crippen molar-refractivity contribution in [1.29, 1.82) is 0 Å². The van der Waals surface area contributed by atoms with Gasteiger partial charge >= 0.3 is 0 Å². The summed E-state index contributed by atoms with van der Waals surface area (Å²) in [4.78, 5) is 49.0. The maximum absolute atomic E-state index is 12.6. The third-order valence-corrected chi connectivity index (χ3v) is 5.48. The summed E-state index contributed by atoms with van der Waals surface area (Å²) in [5.41, 5.74) is 3.28. The molecule has 1 heterocycles. The molecular formula is C25H22N4O5. The normalized spacial score (nSPS) is 12.4. The lowest BCUT2D eigenvalue weighted by Crippen LogP contribution is -2.31. The standard InChI is InChI=1S/C25H22N4O5/c1-16-8-10-17(11-9-16)26-21-5-2-3-6-22(21)27-23(30)7-4-14-28-24(31)19-13-12-18(29(33)34)15-20(19)25(28)32/h2-3,5-6,8-13,15,26H,4,7,14H2,1H3,(H,27,30). The number of carbonyl (C=O) groups is 3. The molecule has 172 valence electrons. The Morgan fingerprint density at radius 2 is 1.62 bits per heavy atom. The minimum atomic E-state index is -0.615. The number of rotatable bonds is 8. The molecule has 0 fully saturated rings. The van der Waals surface area contributed by atoms with Gasteiger partial charge in [0.1, 0.15) is 0 Å². The Balaban J connectivity index is 1.34. The van der Waals surface area contributed by atoms with Crippen molar-refractivity contribution in [3.63, 3.8) is 0 Å². The third-order valence-electron chi connectivity index (χ3n) is 5.48. The van der Waals surface area contributed by atoms with Crippen molar-refractivity contribution >= 4 is 40.5 Å². The van der Waals surface area contributed by atoms with E-state index in [0.29, 0.717) is 5.69 Å². The van der Waals surface area contributed by atoms with E-state index in [1.165, 1.54) is 12.1 Å². The SMILES string of the molecule is Cc1ccc(Nc2ccccc2NC(=O)CCCN2C(=O)c3ccc([N+](=O)[O-])cc3C2=O)cc1. The summed E-state index contributed by atoms with van der Waals surface area (Å²) < 4.78 is 0. The Hall–Kier alpha value is -4.53. The molecule has 0 unspecified atom stereocenters. The smallest absolute Gasteiger partial charge is 0.270 e. The highest BCUT2D eigenvalue weighted by molar-refractivity contribution is 6.21. The molecule has 9 nitrogen and oxygen atoms in total. The monoisotopic (exact) mass is 458 g/mol. The Labute approximate surface area is 195 Å². The summed E-state index contributed by atoms with van der Waals surface area (Å²) in [6, 6.07) is 18.8. The Kier molecular flexibility index (Phi) is 6.35. The largest absolute Gasteiger partial charge is 0.354 e. The van der Waals surface area contributed by atoms with E-state index < -0.39 is 16.7 Å². The van der Waals surface area contributed by atoms with E-state index in [4.69, 9.17) is 0 Å². The van der Waals surface area contributed by atoms with Crippen molar-refractivity contribution in [2.45, 2.75) is 19.8 Å². The van der Waals surface area contributed by atoms with Crippen molar-refractivity contribution in [3.8, 4) is 0 Å². The molecule has 0 atom stereocenters. The first-order valence-corrected chi connectivity index (χ1v) is 10.7. The molecule has 0 aromatic heterocycles. The second-order valence-electron chi connectivity index (χ2n) is 7.94. The molecule has 3 aromatic rings. The number of fused-ring (bicyclic) bond motifs is 1. The van der Waals surface area contributed by atoms with Gasteiger partial charge in [0.05, 0.1) is 27.4 Å². The minimum Gasteiger partial charge on any atom is -0.354 e. The summed E-state index contributed by atoms with van der Waals surface area (Å²) in [7, 11) is 0. The van der Waals surface area contributed by atoms with Crippen LogP contribution in [-0.2, 0) is 4.79 Å². The lowest BCUT2D eigenvalue weighted by molar-refractivity contribution is -0.384. The lowest BCUT2D eigenvalue weighted by Gasteiger charge is -2.15. The molecule has 1 aliphatic rings. The Morgan fingerprint density at radius 3 is 2.32 bits per heavy atom. The van der Waals surface area contributed by atoms with Crippen molar-refractivity contribution in [2.75, 3.05) is 17.2 Å². The highest BCUT2D eigenvalue weighted by Crippen LogP contribution is 2.28. The van der Waals surface area contributed by atoms with Crippen LogP contribution in [0.25, 0.3) is 0 Å². The maximum Gasteiger partial charge on any atom is 0.270 e. The van der Waals surface area contributed by atoms with Crippen LogP contribution in [-0.4, -0.2) is 34.1 Å². The zero-order valence-electron chi connectivity index (χ0n) is 18.4. The number of aryl methyl sites for hydroxylation is 1. The summed E-state index contributed by atoms with van der Waals surface area (Å²) in [5, 5.41) is 17.1. The molecule has 1 aliphatic heterocycles. The van der Waals surface area contributed by atoms with Crippen LogP contribution in [0.3, 0.4) is 0 Å². The number of nitro groups is 1. The topological polar surface area (TPSA) is 122 Å². The number of amides is 3. The maximum atomic E-state index is 12.6. The van der Waals surface area contributed by atoms with Crippen LogP contribution in [0.5, 0.6) is 0 Å². The van der Waals surface area contributed by atoms with E-state index in [1.54, 1.807) is 6.07 Å². The van der Waals surface area contributed by atoms with Gasteiger partial charge in [-0.2, -0.15) is 0 Å². The summed E-state index contributed by atoms with van der Waals surface area (Å²) in [6.07, 6.45) is 0.347. The van der Waals surface area contributed by atoms with E-state index in [0.717, 1.165) is 27.9 Å². The van der Waals surface area contributed by atoms with Crippen molar-refractivity contribution < 1.29 is 19.3 Å². The predicted molar refractivity (Wildman–Crippen MR) is 127 cm³/mol. The quantitative estimate of drug-likeness (QED) is 0.288.